The van der Waals surface area contributed by atoms with Crippen molar-refractivity contribution >= 4 is 15.7 Å². The molecule has 8 heteroatoms. The first-order valence-electron chi connectivity index (χ1n) is 11.2. The number of nitrogens with zero attached hydrogens (tertiary/aromatic N) is 2. The Bertz CT molecular complexity index is 1090. The smallest absolute Gasteiger partial charge is 0.261 e. The summed E-state index contributed by atoms with van der Waals surface area (Å²) < 4.78 is 33.4. The molecule has 2 N–H and O–H groups in total. The molecule has 0 radical (unpaired) electrons. The predicted molar refractivity (Wildman–Crippen MR) is 124 cm³/mol. The van der Waals surface area contributed by atoms with Crippen LogP contribution in [0.15, 0.2) is 64.3 Å². The highest BCUT2D eigenvalue weighted by Gasteiger charge is 2.20. The Morgan fingerprint density at radius 3 is 2.53 bits per heavy atom. The van der Waals surface area contributed by atoms with Crippen LogP contribution in [0.4, 0.5) is 5.69 Å². The molecule has 4 rings (SSSR count). The van der Waals surface area contributed by atoms with E-state index in [-0.39, 0.29) is 4.90 Å². The van der Waals surface area contributed by atoms with Gasteiger partial charge in [-0.15, -0.1) is 0 Å². The molecule has 1 aliphatic carbocycles. The summed E-state index contributed by atoms with van der Waals surface area (Å²) in [5.74, 6) is 1.83. The highest BCUT2D eigenvalue weighted by Crippen LogP contribution is 2.29. The number of hydrogen-bond donors (Lipinski definition) is 2. The third kappa shape index (κ3) is 5.55. The lowest BCUT2D eigenvalue weighted by Gasteiger charge is -2.28. The van der Waals surface area contributed by atoms with Crippen LogP contribution in [0.3, 0.4) is 0 Å². The minimum atomic E-state index is -3.72. The lowest BCUT2D eigenvalue weighted by Crippen LogP contribution is -2.27. The van der Waals surface area contributed by atoms with Gasteiger partial charge in [0.05, 0.1) is 10.6 Å². The van der Waals surface area contributed by atoms with Crippen LogP contribution in [-0.2, 0) is 16.6 Å². The molecule has 0 aliphatic heterocycles. The minimum absolute atomic E-state index is 0.179. The molecule has 0 amide bonds. The van der Waals surface area contributed by atoms with E-state index in [9.17, 15) is 8.42 Å². The molecule has 2 aromatic carbocycles. The molecular weight excluding hydrogens is 424 g/mol. The fourth-order valence-electron chi connectivity index (χ4n) is 4.36. The van der Waals surface area contributed by atoms with E-state index >= 15 is 0 Å². The zero-order valence-electron chi connectivity index (χ0n) is 18.3. The van der Waals surface area contributed by atoms with Gasteiger partial charge < -0.3 is 9.84 Å². The summed E-state index contributed by atoms with van der Waals surface area (Å²) in [6.45, 7) is 3.87. The summed E-state index contributed by atoms with van der Waals surface area (Å²) in [5.41, 5.74) is 2.21. The molecule has 1 heterocycles. The van der Waals surface area contributed by atoms with Crippen molar-refractivity contribution in [2.75, 3.05) is 11.3 Å². The van der Waals surface area contributed by atoms with E-state index < -0.39 is 10.0 Å². The molecule has 0 saturated heterocycles. The molecule has 1 aliphatic rings. The van der Waals surface area contributed by atoms with Crippen molar-refractivity contribution in [2.24, 2.45) is 11.8 Å². The normalized spacial score (nSPS) is 16.0. The number of benzene rings is 2. The zero-order chi connectivity index (χ0) is 22.4. The van der Waals surface area contributed by atoms with Gasteiger partial charge >= 0.3 is 0 Å². The summed E-state index contributed by atoms with van der Waals surface area (Å²) in [7, 11) is -3.72. The maximum Gasteiger partial charge on any atom is 0.261 e. The van der Waals surface area contributed by atoms with E-state index in [1.807, 2.05) is 18.2 Å². The van der Waals surface area contributed by atoms with Crippen LogP contribution in [0.2, 0.25) is 0 Å². The van der Waals surface area contributed by atoms with Gasteiger partial charge in [-0.2, -0.15) is 4.98 Å². The van der Waals surface area contributed by atoms with E-state index in [0.717, 1.165) is 18.0 Å². The molecule has 7 nitrogen and oxygen atoms in total. The number of hydrogen-bond acceptors (Lipinski definition) is 6. The second-order valence-corrected chi connectivity index (χ2v) is 10.2. The number of sulfonamides is 1. The average molecular weight is 455 g/mol. The highest BCUT2D eigenvalue weighted by molar-refractivity contribution is 7.92. The molecule has 0 spiro atoms. The first kappa shape index (κ1) is 22.5. The molecule has 1 aromatic heterocycles. The number of aromatic nitrogens is 2. The Hall–Kier alpha value is -2.71. The lowest BCUT2D eigenvalue weighted by molar-refractivity contribution is 0.256. The van der Waals surface area contributed by atoms with Crippen LogP contribution < -0.4 is 10.0 Å². The van der Waals surface area contributed by atoms with Crippen molar-refractivity contribution in [3.05, 3.63) is 60.5 Å². The molecule has 170 valence electrons. The molecular formula is C24H30N4O3S. The van der Waals surface area contributed by atoms with Crippen LogP contribution in [0.1, 0.15) is 44.6 Å². The fraction of sp³-hybridized carbons (Fsp3) is 0.417. The van der Waals surface area contributed by atoms with Crippen LogP contribution in [-0.4, -0.2) is 25.1 Å². The fourth-order valence-corrected chi connectivity index (χ4v) is 5.46. The number of rotatable bonds is 9. The zero-order valence-corrected chi connectivity index (χ0v) is 19.1. The monoisotopic (exact) mass is 454 g/mol. The number of anilines is 1. The van der Waals surface area contributed by atoms with Gasteiger partial charge in [0.1, 0.15) is 0 Å². The Labute approximate surface area is 189 Å². The maximum atomic E-state index is 13.0. The summed E-state index contributed by atoms with van der Waals surface area (Å²) in [6.07, 6.45) is 7.94. The topological polar surface area (TPSA) is 97.1 Å². The van der Waals surface area contributed by atoms with Crippen LogP contribution in [0, 0.1) is 11.8 Å². The van der Waals surface area contributed by atoms with Crippen molar-refractivity contribution in [1.82, 2.24) is 15.5 Å². The second-order valence-electron chi connectivity index (χ2n) is 8.55. The summed E-state index contributed by atoms with van der Waals surface area (Å²) in [5, 5.41) is 7.30. The summed E-state index contributed by atoms with van der Waals surface area (Å²) in [4.78, 5) is 4.16. The molecule has 1 unspecified atom stereocenters. The van der Waals surface area contributed by atoms with E-state index in [1.165, 1.54) is 38.5 Å². The quantitative estimate of drug-likeness (QED) is 0.480. The third-order valence-corrected chi connectivity index (χ3v) is 7.66. The molecule has 1 saturated carbocycles. The predicted octanol–water partition coefficient (Wildman–Crippen LogP) is 4.84. The maximum absolute atomic E-state index is 13.0. The van der Waals surface area contributed by atoms with E-state index in [4.69, 9.17) is 4.52 Å². The number of para-hydroxylation sites is 1. The first-order chi connectivity index (χ1) is 15.5. The van der Waals surface area contributed by atoms with Crippen molar-refractivity contribution in [3.63, 3.8) is 0 Å². The highest BCUT2D eigenvalue weighted by atomic mass is 32.2. The first-order valence-corrected chi connectivity index (χ1v) is 12.7. The van der Waals surface area contributed by atoms with Crippen LogP contribution in [0.5, 0.6) is 0 Å². The van der Waals surface area contributed by atoms with Crippen molar-refractivity contribution in [2.45, 2.75) is 50.5 Å². The van der Waals surface area contributed by atoms with Crippen molar-refractivity contribution < 1.29 is 12.9 Å². The van der Waals surface area contributed by atoms with E-state index in [2.05, 4.69) is 27.1 Å². The van der Waals surface area contributed by atoms with Gasteiger partial charge in [0, 0.05) is 12.1 Å². The largest absolute Gasteiger partial charge is 0.342 e. The van der Waals surface area contributed by atoms with Gasteiger partial charge in [-0.1, -0.05) is 62.4 Å². The molecule has 1 fully saturated rings. The van der Waals surface area contributed by atoms with Crippen molar-refractivity contribution in [3.8, 4) is 11.4 Å². The van der Waals surface area contributed by atoms with Crippen LogP contribution in [0.25, 0.3) is 11.4 Å². The standard InChI is InChI=1S/C24H30N4O3S/c1-18(19-7-3-2-4-8-19)15-25-16-21-9-5-6-10-23(21)28-32(29,30)22-13-11-20(12-14-22)24-26-17-31-27-24/h5-6,9-14,17-19,25,28H,2-4,7-8,15-16H2,1H3. The molecule has 0 bridgehead atoms. The van der Waals surface area contributed by atoms with Crippen molar-refractivity contribution in [1.29, 1.82) is 0 Å². The van der Waals surface area contributed by atoms with Gasteiger partial charge in [-0.3, -0.25) is 4.72 Å². The van der Waals surface area contributed by atoms with E-state index in [1.54, 1.807) is 30.3 Å². The Morgan fingerprint density at radius 2 is 1.81 bits per heavy atom. The van der Waals surface area contributed by atoms with Crippen LogP contribution >= 0.6 is 0 Å². The van der Waals surface area contributed by atoms with Gasteiger partial charge in [-0.05, 0) is 54.3 Å². The minimum Gasteiger partial charge on any atom is -0.342 e. The lowest BCUT2D eigenvalue weighted by atomic mass is 9.81. The second kappa shape index (κ2) is 10.3. The van der Waals surface area contributed by atoms with E-state index in [0.29, 0.717) is 29.5 Å². The summed E-state index contributed by atoms with van der Waals surface area (Å²) >= 11 is 0. The van der Waals surface area contributed by atoms with Gasteiger partial charge in [0.25, 0.3) is 10.0 Å². The Kier molecular flexibility index (Phi) is 7.22. The molecule has 1 atom stereocenters. The van der Waals surface area contributed by atoms with Gasteiger partial charge in [-0.25, -0.2) is 8.42 Å². The molecule has 32 heavy (non-hydrogen) atoms. The van der Waals surface area contributed by atoms with Gasteiger partial charge in [0.15, 0.2) is 0 Å². The number of nitrogens with one attached hydrogen (secondary N) is 2. The third-order valence-electron chi connectivity index (χ3n) is 6.28. The summed E-state index contributed by atoms with van der Waals surface area (Å²) in [6, 6.07) is 13.9. The molecule has 3 aromatic rings. The SMILES string of the molecule is CC(CNCc1ccccc1NS(=O)(=O)c1ccc(-c2ncon2)cc1)C1CCCCC1. The Morgan fingerprint density at radius 1 is 1.06 bits per heavy atom. The average Bonchev–Trinajstić information content (AvgIpc) is 3.36. The van der Waals surface area contributed by atoms with Gasteiger partial charge in [0.2, 0.25) is 12.2 Å². The Balaban J connectivity index is 1.39.